The van der Waals surface area contributed by atoms with Crippen LogP contribution in [0.4, 0.5) is 5.13 Å². The second kappa shape index (κ2) is 8.96. The van der Waals surface area contributed by atoms with E-state index in [0.29, 0.717) is 16.8 Å². The lowest BCUT2D eigenvalue weighted by Gasteiger charge is -2.20. The van der Waals surface area contributed by atoms with E-state index < -0.39 is 6.10 Å². The number of ether oxygens (including phenoxy) is 1. The van der Waals surface area contributed by atoms with Gasteiger partial charge in [0.15, 0.2) is 11.2 Å². The average molecular weight is 369 g/mol. The molecule has 1 aliphatic heterocycles. The summed E-state index contributed by atoms with van der Waals surface area (Å²) in [5.41, 5.74) is 0. The number of nitrogens with zero attached hydrogens (tertiary/aromatic N) is 2. The maximum absolute atomic E-state index is 12.2. The molecule has 1 atom stereocenters. The lowest BCUT2D eigenvalue weighted by atomic mass is 9.97. The van der Waals surface area contributed by atoms with Crippen molar-refractivity contribution in [2.45, 2.75) is 31.8 Å². The molecular formula is C16H21ClN4O2S. The number of amides is 1. The topological polar surface area (TPSA) is 76.1 Å². The Morgan fingerprint density at radius 2 is 2.21 bits per heavy atom. The highest BCUT2D eigenvalue weighted by Crippen LogP contribution is 2.31. The van der Waals surface area contributed by atoms with Gasteiger partial charge in [-0.15, -0.1) is 23.7 Å². The van der Waals surface area contributed by atoms with E-state index in [0.717, 1.165) is 25.9 Å². The van der Waals surface area contributed by atoms with E-state index in [9.17, 15) is 4.79 Å². The monoisotopic (exact) mass is 368 g/mol. The van der Waals surface area contributed by atoms with Gasteiger partial charge in [0.05, 0.1) is 6.20 Å². The molecule has 3 rings (SSSR count). The maximum Gasteiger partial charge on any atom is 0.266 e. The Morgan fingerprint density at radius 3 is 2.92 bits per heavy atom. The van der Waals surface area contributed by atoms with Gasteiger partial charge in [-0.25, -0.2) is 4.98 Å². The molecule has 1 unspecified atom stereocenters. The number of carbonyl (C=O) groups is 1. The van der Waals surface area contributed by atoms with Gasteiger partial charge in [0.1, 0.15) is 5.75 Å². The zero-order chi connectivity index (χ0) is 16.1. The molecule has 2 aromatic rings. The van der Waals surface area contributed by atoms with Gasteiger partial charge in [0, 0.05) is 17.3 Å². The van der Waals surface area contributed by atoms with Crippen LogP contribution in [0.2, 0.25) is 0 Å². The third kappa shape index (κ3) is 4.90. The number of hydrogen-bond donors (Lipinski definition) is 2. The van der Waals surface area contributed by atoms with E-state index >= 15 is 0 Å². The molecule has 0 aromatic carbocycles. The standard InChI is InChI=1S/C16H20N4O2S.ClH/c1-11(22-13-3-2-6-18-9-13)15(21)20-16-19-10-14(23-16)12-4-7-17-8-5-12;/h2-3,6,9-12,17H,4-5,7-8H2,1H3,(H,19,20,21);1H. The van der Waals surface area contributed by atoms with Crippen molar-refractivity contribution < 1.29 is 9.53 Å². The molecule has 0 saturated carbocycles. The SMILES string of the molecule is CC(Oc1cccnc1)C(=O)Nc1ncc(C2CCNCC2)s1.Cl. The number of rotatable bonds is 5. The Bertz CT molecular complexity index is 647. The molecule has 1 aliphatic rings. The Labute approximate surface area is 151 Å². The molecular weight excluding hydrogens is 348 g/mol. The number of anilines is 1. The van der Waals surface area contributed by atoms with E-state index in [2.05, 4.69) is 20.6 Å². The quantitative estimate of drug-likeness (QED) is 0.848. The van der Waals surface area contributed by atoms with Gasteiger partial charge in [-0.05, 0) is 50.9 Å². The minimum Gasteiger partial charge on any atom is -0.479 e. The van der Waals surface area contributed by atoms with E-state index in [1.54, 1.807) is 42.8 Å². The molecule has 3 heterocycles. The number of thiazole rings is 1. The summed E-state index contributed by atoms with van der Waals surface area (Å²) in [6.45, 7) is 3.80. The lowest BCUT2D eigenvalue weighted by molar-refractivity contribution is -0.122. The van der Waals surface area contributed by atoms with Gasteiger partial charge >= 0.3 is 0 Å². The highest BCUT2D eigenvalue weighted by molar-refractivity contribution is 7.15. The first-order valence-corrected chi connectivity index (χ1v) is 8.58. The van der Waals surface area contributed by atoms with E-state index in [-0.39, 0.29) is 18.3 Å². The van der Waals surface area contributed by atoms with E-state index in [1.165, 1.54) is 4.88 Å². The van der Waals surface area contributed by atoms with Gasteiger partial charge in [-0.1, -0.05) is 0 Å². The molecule has 0 aliphatic carbocycles. The van der Waals surface area contributed by atoms with Crippen LogP contribution in [-0.2, 0) is 4.79 Å². The van der Waals surface area contributed by atoms with Crippen LogP contribution in [0.1, 0.15) is 30.6 Å². The predicted octanol–water partition coefficient (Wildman–Crippen LogP) is 2.83. The molecule has 2 N–H and O–H groups in total. The summed E-state index contributed by atoms with van der Waals surface area (Å²) in [6, 6.07) is 3.54. The third-order valence-electron chi connectivity index (χ3n) is 3.81. The molecule has 1 saturated heterocycles. The Morgan fingerprint density at radius 1 is 1.42 bits per heavy atom. The minimum atomic E-state index is -0.606. The van der Waals surface area contributed by atoms with Gasteiger partial charge in [0.25, 0.3) is 5.91 Å². The third-order valence-corrected chi connectivity index (χ3v) is 4.89. The number of hydrogen-bond acceptors (Lipinski definition) is 6. The molecule has 1 amide bonds. The summed E-state index contributed by atoms with van der Waals surface area (Å²) in [5, 5.41) is 6.81. The first-order chi connectivity index (χ1) is 11.2. The molecule has 130 valence electrons. The minimum absolute atomic E-state index is 0. The zero-order valence-corrected chi connectivity index (χ0v) is 15.0. The predicted molar refractivity (Wildman–Crippen MR) is 97.2 cm³/mol. The summed E-state index contributed by atoms with van der Waals surface area (Å²) in [6.07, 6.45) is 6.76. The van der Waals surface area contributed by atoms with Crippen LogP contribution >= 0.6 is 23.7 Å². The largest absolute Gasteiger partial charge is 0.479 e. The highest BCUT2D eigenvalue weighted by atomic mass is 35.5. The molecule has 6 nitrogen and oxygen atoms in total. The fraction of sp³-hybridized carbons (Fsp3) is 0.438. The van der Waals surface area contributed by atoms with Crippen LogP contribution in [0.25, 0.3) is 0 Å². The van der Waals surface area contributed by atoms with Gasteiger partial charge in [0.2, 0.25) is 0 Å². The first-order valence-electron chi connectivity index (χ1n) is 7.76. The van der Waals surface area contributed by atoms with Crippen LogP contribution in [-0.4, -0.2) is 35.1 Å². The second-order valence-electron chi connectivity index (χ2n) is 5.53. The number of piperidine rings is 1. The maximum atomic E-state index is 12.2. The van der Waals surface area contributed by atoms with Crippen molar-refractivity contribution in [2.75, 3.05) is 18.4 Å². The van der Waals surface area contributed by atoms with Gasteiger partial charge < -0.3 is 10.1 Å². The lowest BCUT2D eigenvalue weighted by Crippen LogP contribution is -2.30. The van der Waals surface area contributed by atoms with Crippen LogP contribution in [0.3, 0.4) is 0 Å². The molecule has 1 fully saturated rings. The Kier molecular flexibility index (Phi) is 6.96. The zero-order valence-electron chi connectivity index (χ0n) is 13.4. The number of pyridine rings is 1. The van der Waals surface area contributed by atoms with E-state index in [1.807, 2.05) is 6.20 Å². The summed E-state index contributed by atoms with van der Waals surface area (Å²) in [4.78, 5) is 21.7. The van der Waals surface area contributed by atoms with Crippen LogP contribution in [0.5, 0.6) is 5.75 Å². The molecule has 24 heavy (non-hydrogen) atoms. The number of carbonyl (C=O) groups excluding carboxylic acids is 1. The fourth-order valence-corrected chi connectivity index (χ4v) is 3.51. The first kappa shape index (κ1) is 18.6. The fourth-order valence-electron chi connectivity index (χ4n) is 2.52. The van der Waals surface area contributed by atoms with E-state index in [4.69, 9.17) is 4.74 Å². The van der Waals surface area contributed by atoms with Crippen molar-refractivity contribution in [3.63, 3.8) is 0 Å². The summed E-state index contributed by atoms with van der Waals surface area (Å²) >= 11 is 1.55. The molecule has 2 aromatic heterocycles. The summed E-state index contributed by atoms with van der Waals surface area (Å²) in [5.74, 6) is 0.910. The molecule has 0 spiro atoms. The van der Waals surface area contributed by atoms with Crippen molar-refractivity contribution in [3.05, 3.63) is 35.6 Å². The Hall–Kier alpha value is -1.70. The van der Waals surface area contributed by atoms with Crippen molar-refractivity contribution >= 4 is 34.8 Å². The summed E-state index contributed by atoms with van der Waals surface area (Å²) < 4.78 is 5.57. The smallest absolute Gasteiger partial charge is 0.266 e. The Balaban J connectivity index is 0.00000208. The normalized spacial score (nSPS) is 16.0. The van der Waals surface area contributed by atoms with Crippen molar-refractivity contribution in [2.24, 2.45) is 0 Å². The summed E-state index contributed by atoms with van der Waals surface area (Å²) in [7, 11) is 0. The van der Waals surface area contributed by atoms with Gasteiger partial charge in [-0.2, -0.15) is 0 Å². The van der Waals surface area contributed by atoms with Crippen LogP contribution in [0, 0.1) is 0 Å². The van der Waals surface area contributed by atoms with Gasteiger partial charge in [-0.3, -0.25) is 15.1 Å². The average Bonchev–Trinajstić information content (AvgIpc) is 3.05. The van der Waals surface area contributed by atoms with Crippen molar-refractivity contribution in [1.29, 1.82) is 0 Å². The molecule has 8 heteroatoms. The molecule has 0 radical (unpaired) electrons. The van der Waals surface area contributed by atoms with Crippen LogP contribution in [0.15, 0.2) is 30.7 Å². The molecule has 0 bridgehead atoms. The number of nitrogens with one attached hydrogen (secondary N) is 2. The number of aromatic nitrogens is 2. The van der Waals surface area contributed by atoms with Crippen molar-refractivity contribution in [3.8, 4) is 5.75 Å². The highest BCUT2D eigenvalue weighted by Gasteiger charge is 2.20. The second-order valence-corrected chi connectivity index (χ2v) is 6.59. The number of halogens is 1. The van der Waals surface area contributed by atoms with Crippen molar-refractivity contribution in [1.82, 2.24) is 15.3 Å². The van der Waals surface area contributed by atoms with Crippen LogP contribution < -0.4 is 15.4 Å².